The Balaban J connectivity index is 1.46. The van der Waals surface area contributed by atoms with Crippen molar-refractivity contribution < 1.29 is 19.1 Å². The minimum atomic E-state index is -0.680. The van der Waals surface area contributed by atoms with Crippen LogP contribution in [0, 0.1) is 17.2 Å². The van der Waals surface area contributed by atoms with E-state index in [2.05, 4.69) is 16.0 Å². The summed E-state index contributed by atoms with van der Waals surface area (Å²) in [5.74, 6) is -0.422. The molecule has 0 radical (unpaired) electrons. The molecule has 0 spiro atoms. The molecule has 34 heavy (non-hydrogen) atoms. The second kappa shape index (κ2) is 9.62. The molecular formula is C26H33FN4O3. The number of likely N-dealkylation sites (tertiary alicyclic amines) is 1. The van der Waals surface area contributed by atoms with E-state index in [4.69, 9.17) is 0 Å². The number of nitrogens with one attached hydrogen (secondary N) is 3. The van der Waals surface area contributed by atoms with Crippen LogP contribution < -0.4 is 16.0 Å². The van der Waals surface area contributed by atoms with Gasteiger partial charge in [0.05, 0.1) is 12.0 Å². The fraction of sp³-hybridized carbons (Fsp3) is 0.462. The largest absolute Gasteiger partial charge is 0.395 e. The fourth-order valence-corrected chi connectivity index (χ4v) is 4.98. The van der Waals surface area contributed by atoms with Gasteiger partial charge in [-0.1, -0.05) is 0 Å². The Morgan fingerprint density at radius 1 is 1.35 bits per heavy atom. The number of amides is 2. The molecule has 4 N–H and O–H groups in total. The predicted octanol–water partition coefficient (Wildman–Crippen LogP) is 2.40. The van der Waals surface area contributed by atoms with Crippen LogP contribution in [0.2, 0.25) is 0 Å². The van der Waals surface area contributed by atoms with Crippen LogP contribution in [0.5, 0.6) is 0 Å². The minimum Gasteiger partial charge on any atom is -0.395 e. The second-order valence-electron chi connectivity index (χ2n) is 9.52. The zero-order chi connectivity index (χ0) is 24.5. The Hall–Kier alpha value is -3.13. The van der Waals surface area contributed by atoms with Gasteiger partial charge in [0.1, 0.15) is 11.9 Å². The van der Waals surface area contributed by atoms with Gasteiger partial charge < -0.3 is 26.0 Å². The van der Waals surface area contributed by atoms with Crippen LogP contribution in [0.25, 0.3) is 5.57 Å². The number of rotatable bonds is 8. The van der Waals surface area contributed by atoms with E-state index in [1.54, 1.807) is 24.2 Å². The Bertz CT molecular complexity index is 1080. The first-order valence-electron chi connectivity index (χ1n) is 11.8. The minimum absolute atomic E-state index is 0.0499. The molecule has 0 bridgehead atoms. The lowest BCUT2D eigenvalue weighted by Crippen LogP contribution is -2.45. The number of halogens is 1. The molecule has 1 saturated heterocycles. The molecule has 1 aromatic rings. The number of carbonyl (C=O) groups excluding carboxylic acids is 2. The van der Waals surface area contributed by atoms with Crippen LogP contribution in [-0.2, 0) is 16.1 Å². The summed E-state index contributed by atoms with van der Waals surface area (Å²) in [6.45, 7) is 4.31. The lowest BCUT2D eigenvalue weighted by Gasteiger charge is -2.29. The third kappa shape index (κ3) is 4.73. The highest BCUT2D eigenvalue weighted by atomic mass is 19.1. The topological polar surface area (TPSA) is 93.7 Å². The monoisotopic (exact) mass is 468 g/mol. The second-order valence-corrected chi connectivity index (χ2v) is 9.52. The van der Waals surface area contributed by atoms with E-state index in [9.17, 15) is 19.1 Å². The van der Waals surface area contributed by atoms with Gasteiger partial charge in [0.2, 0.25) is 11.8 Å². The molecule has 4 rings (SSSR count). The fourth-order valence-electron chi connectivity index (χ4n) is 4.98. The zero-order valence-electron chi connectivity index (χ0n) is 20.0. The van der Waals surface area contributed by atoms with Gasteiger partial charge in [-0.25, -0.2) is 4.39 Å². The van der Waals surface area contributed by atoms with E-state index in [0.29, 0.717) is 24.2 Å². The molecule has 0 aromatic heterocycles. The first-order chi connectivity index (χ1) is 16.3. The molecule has 182 valence electrons. The van der Waals surface area contributed by atoms with Crippen molar-refractivity contribution in [1.82, 2.24) is 20.9 Å². The first-order valence-corrected chi connectivity index (χ1v) is 11.8. The number of carbonyl (C=O) groups is 2. The number of hydrogen-bond acceptors (Lipinski definition) is 5. The average Bonchev–Trinajstić information content (AvgIpc) is 3.60. The predicted molar refractivity (Wildman–Crippen MR) is 128 cm³/mol. The van der Waals surface area contributed by atoms with E-state index in [0.717, 1.165) is 29.7 Å². The number of dihydropyridines is 1. The lowest BCUT2D eigenvalue weighted by atomic mass is 9.82. The molecule has 2 aliphatic heterocycles. The molecular weight excluding hydrogens is 435 g/mol. The van der Waals surface area contributed by atoms with Gasteiger partial charge >= 0.3 is 0 Å². The molecule has 1 aliphatic carbocycles. The van der Waals surface area contributed by atoms with Crippen molar-refractivity contribution >= 4 is 17.4 Å². The van der Waals surface area contributed by atoms with Gasteiger partial charge in [0.15, 0.2) is 0 Å². The third-order valence-electron chi connectivity index (χ3n) is 7.01. The van der Waals surface area contributed by atoms with Crippen molar-refractivity contribution in [2.24, 2.45) is 11.3 Å². The lowest BCUT2D eigenvalue weighted by molar-refractivity contribution is -0.137. The normalized spacial score (nSPS) is 25.0. The highest BCUT2D eigenvalue weighted by molar-refractivity contribution is 5.89. The van der Waals surface area contributed by atoms with E-state index in [1.165, 1.54) is 12.1 Å². The van der Waals surface area contributed by atoms with Crippen molar-refractivity contribution in [1.29, 1.82) is 0 Å². The maximum Gasteiger partial charge on any atom is 0.246 e. The Morgan fingerprint density at radius 3 is 2.79 bits per heavy atom. The summed E-state index contributed by atoms with van der Waals surface area (Å²) in [6, 6.07) is 4.06. The van der Waals surface area contributed by atoms with Gasteiger partial charge in [-0.05, 0) is 92.3 Å². The molecule has 2 heterocycles. The highest BCUT2D eigenvalue weighted by Crippen LogP contribution is 2.52. The van der Waals surface area contributed by atoms with Crippen LogP contribution >= 0.6 is 0 Å². The summed E-state index contributed by atoms with van der Waals surface area (Å²) >= 11 is 0. The Morgan fingerprint density at radius 2 is 2.12 bits per heavy atom. The Kier molecular flexibility index (Phi) is 6.79. The zero-order valence-corrected chi connectivity index (χ0v) is 20.0. The number of hydrogen-bond donors (Lipinski definition) is 4. The van der Waals surface area contributed by atoms with Crippen LogP contribution in [0.15, 0.2) is 47.9 Å². The number of benzene rings is 1. The van der Waals surface area contributed by atoms with Gasteiger partial charge in [0.25, 0.3) is 0 Å². The molecule has 2 unspecified atom stereocenters. The number of aliphatic hydroxyl groups is 1. The molecule has 1 aromatic carbocycles. The summed E-state index contributed by atoms with van der Waals surface area (Å²) < 4.78 is 14.1. The first kappa shape index (κ1) is 24.0. The van der Waals surface area contributed by atoms with Gasteiger partial charge in [0, 0.05) is 31.5 Å². The molecule has 2 atom stereocenters. The number of aliphatic hydroxyl groups excluding tert-OH is 1. The van der Waals surface area contributed by atoms with E-state index < -0.39 is 11.5 Å². The molecule has 2 amide bonds. The van der Waals surface area contributed by atoms with Crippen LogP contribution in [0.4, 0.5) is 4.39 Å². The van der Waals surface area contributed by atoms with Crippen LogP contribution in [0.3, 0.4) is 0 Å². The summed E-state index contributed by atoms with van der Waals surface area (Å²) in [7, 11) is 1.78. The van der Waals surface area contributed by atoms with Crippen molar-refractivity contribution in [3.63, 3.8) is 0 Å². The van der Waals surface area contributed by atoms with Gasteiger partial charge in [-0.15, -0.1) is 0 Å². The number of nitrogens with zero attached hydrogens (tertiary/aromatic N) is 1. The van der Waals surface area contributed by atoms with Crippen molar-refractivity contribution in [3.05, 3.63) is 64.9 Å². The smallest absolute Gasteiger partial charge is 0.246 e. The maximum atomic E-state index is 14.1. The van der Waals surface area contributed by atoms with Crippen molar-refractivity contribution in [2.75, 3.05) is 20.2 Å². The summed E-state index contributed by atoms with van der Waals surface area (Å²) in [6.07, 6.45) is 7.98. The molecule has 3 aliphatic rings. The molecule has 7 nitrogen and oxygen atoms in total. The number of allylic oxidation sites excluding steroid dienone is 3. The third-order valence-corrected chi connectivity index (χ3v) is 7.01. The highest BCUT2D eigenvalue weighted by Gasteiger charge is 2.55. The Labute approximate surface area is 199 Å². The van der Waals surface area contributed by atoms with Crippen molar-refractivity contribution in [2.45, 2.75) is 45.7 Å². The molecule has 2 fully saturated rings. The summed E-state index contributed by atoms with van der Waals surface area (Å²) in [5.41, 5.74) is 3.06. The molecule has 8 heteroatoms. The summed E-state index contributed by atoms with van der Waals surface area (Å²) in [5, 5.41) is 18.9. The standard InChI is InChI=1S/C26H33FN4O3/c1-16(13-28-3)19-9-18(10-21(27)11-19)14-29-24(33)23-12-22(8-17(2)30-23)31-7-6-26(15-32,25(31)34)20-4-5-20/h8-13,20,23,28,30,32H,4-7,14-15H2,1-3H3,(H,29,33)/b16-13+. The maximum absolute atomic E-state index is 14.1. The van der Waals surface area contributed by atoms with Gasteiger partial charge in [-0.2, -0.15) is 0 Å². The van der Waals surface area contributed by atoms with E-state index in [1.807, 2.05) is 26.0 Å². The molecule has 1 saturated carbocycles. The van der Waals surface area contributed by atoms with Crippen LogP contribution in [0.1, 0.15) is 44.2 Å². The quantitative estimate of drug-likeness (QED) is 0.470. The average molecular weight is 469 g/mol. The van der Waals surface area contributed by atoms with Gasteiger partial charge in [-0.3, -0.25) is 9.59 Å². The van der Waals surface area contributed by atoms with Crippen molar-refractivity contribution in [3.8, 4) is 0 Å². The summed E-state index contributed by atoms with van der Waals surface area (Å²) in [4.78, 5) is 27.9. The SMILES string of the molecule is CN/C=C(\C)c1cc(F)cc(CNC(=O)C2C=C(N3CCC(CO)(C4CC4)C3=O)C=C(C)N2)c1. The van der Waals surface area contributed by atoms with Crippen LogP contribution in [-0.4, -0.2) is 48.1 Å². The van der Waals surface area contributed by atoms with E-state index in [-0.39, 0.29) is 36.7 Å². The van der Waals surface area contributed by atoms with E-state index >= 15 is 0 Å².